The summed E-state index contributed by atoms with van der Waals surface area (Å²) in [6.07, 6.45) is 0. The van der Waals surface area contributed by atoms with Crippen LogP contribution in [-0.4, -0.2) is 72.8 Å². The molecule has 1 aromatic rings. The third-order valence-electron chi connectivity index (χ3n) is 5.22. The second-order valence-electron chi connectivity index (χ2n) is 7.24. The molecule has 126 valence electrons. The minimum Gasteiger partial charge on any atom is -0.348 e. The molecular formula is C17H25N3O2S. The number of nitrogens with zero attached hydrogens (tertiary/aromatic N) is 3. The first-order valence-corrected chi connectivity index (χ1v) is 9.01. The van der Waals surface area contributed by atoms with Crippen molar-refractivity contribution < 1.29 is 9.59 Å². The molecule has 3 heterocycles. The third-order valence-corrected chi connectivity index (χ3v) is 6.07. The van der Waals surface area contributed by atoms with Gasteiger partial charge in [0.1, 0.15) is 0 Å². The van der Waals surface area contributed by atoms with Crippen LogP contribution in [0.3, 0.4) is 0 Å². The molecule has 0 radical (unpaired) electrons. The van der Waals surface area contributed by atoms with Crippen molar-refractivity contribution in [3.63, 3.8) is 0 Å². The van der Waals surface area contributed by atoms with Gasteiger partial charge in [-0.15, -0.1) is 11.3 Å². The Kier molecular flexibility index (Phi) is 4.23. The Morgan fingerprint density at radius 3 is 2.61 bits per heavy atom. The second kappa shape index (κ2) is 5.91. The lowest BCUT2D eigenvalue weighted by molar-refractivity contribution is -0.139. The van der Waals surface area contributed by atoms with E-state index in [4.69, 9.17) is 0 Å². The third kappa shape index (κ3) is 2.68. The number of amides is 2. The standard InChI is InChI=1S/C17H25N3O2S/c1-12(2)19-8-13-9-20(15(21)14-6-5-7-23-14)11-17(13,10-19)16(22)18(3)4/h5-7,12-13H,8-11H2,1-4H3. The van der Waals surface area contributed by atoms with E-state index in [0.717, 1.165) is 18.0 Å². The number of carbonyl (C=O) groups excluding carboxylic acids is 2. The van der Waals surface area contributed by atoms with Crippen LogP contribution in [0, 0.1) is 11.3 Å². The largest absolute Gasteiger partial charge is 0.348 e. The van der Waals surface area contributed by atoms with E-state index in [1.807, 2.05) is 36.5 Å². The molecule has 23 heavy (non-hydrogen) atoms. The van der Waals surface area contributed by atoms with Crippen molar-refractivity contribution in [1.29, 1.82) is 0 Å². The lowest BCUT2D eigenvalue weighted by Crippen LogP contribution is -2.48. The van der Waals surface area contributed by atoms with E-state index in [-0.39, 0.29) is 17.7 Å². The zero-order chi connectivity index (χ0) is 16.8. The molecular weight excluding hydrogens is 310 g/mol. The van der Waals surface area contributed by atoms with Crippen LogP contribution >= 0.6 is 11.3 Å². The molecule has 2 aliphatic heterocycles. The lowest BCUT2D eigenvalue weighted by Gasteiger charge is -2.31. The van der Waals surface area contributed by atoms with Crippen LogP contribution in [0.1, 0.15) is 23.5 Å². The molecule has 3 rings (SSSR count). The molecule has 5 nitrogen and oxygen atoms in total. The Labute approximate surface area is 141 Å². The molecule has 6 heteroatoms. The van der Waals surface area contributed by atoms with Gasteiger partial charge in [0.25, 0.3) is 5.91 Å². The molecule has 0 aliphatic carbocycles. The molecule has 2 amide bonds. The molecule has 0 saturated carbocycles. The Morgan fingerprint density at radius 2 is 2.04 bits per heavy atom. The lowest BCUT2D eigenvalue weighted by atomic mass is 9.79. The van der Waals surface area contributed by atoms with Gasteiger partial charge in [0.2, 0.25) is 5.91 Å². The molecule has 2 saturated heterocycles. The number of carbonyl (C=O) groups is 2. The zero-order valence-electron chi connectivity index (χ0n) is 14.3. The van der Waals surface area contributed by atoms with Crippen molar-refractivity contribution in [1.82, 2.24) is 14.7 Å². The van der Waals surface area contributed by atoms with E-state index in [0.29, 0.717) is 19.1 Å². The van der Waals surface area contributed by atoms with Crippen LogP contribution in [0.2, 0.25) is 0 Å². The van der Waals surface area contributed by atoms with E-state index in [1.54, 1.807) is 4.90 Å². The van der Waals surface area contributed by atoms with Gasteiger partial charge < -0.3 is 9.80 Å². The van der Waals surface area contributed by atoms with Gasteiger partial charge in [-0.3, -0.25) is 14.5 Å². The summed E-state index contributed by atoms with van der Waals surface area (Å²) in [6.45, 7) is 7.20. The van der Waals surface area contributed by atoms with Gasteiger partial charge in [-0.05, 0) is 25.3 Å². The molecule has 2 atom stereocenters. The Bertz CT molecular complexity index is 599. The smallest absolute Gasteiger partial charge is 0.263 e. The fraction of sp³-hybridized carbons (Fsp3) is 0.647. The van der Waals surface area contributed by atoms with E-state index < -0.39 is 5.41 Å². The molecule has 2 fully saturated rings. The summed E-state index contributed by atoms with van der Waals surface area (Å²) >= 11 is 1.47. The van der Waals surface area contributed by atoms with Gasteiger partial charge in [0, 0.05) is 52.2 Å². The van der Waals surface area contributed by atoms with Gasteiger partial charge in [0.05, 0.1) is 10.3 Å². The minimum absolute atomic E-state index is 0.0661. The van der Waals surface area contributed by atoms with Crippen molar-refractivity contribution >= 4 is 23.2 Å². The number of hydrogen-bond donors (Lipinski definition) is 0. The van der Waals surface area contributed by atoms with Gasteiger partial charge >= 0.3 is 0 Å². The van der Waals surface area contributed by atoms with Crippen LogP contribution in [0.5, 0.6) is 0 Å². The number of thiophene rings is 1. The maximum absolute atomic E-state index is 12.9. The second-order valence-corrected chi connectivity index (χ2v) is 8.19. The number of fused-ring (bicyclic) bond motifs is 1. The number of rotatable bonds is 3. The molecule has 0 spiro atoms. The molecule has 1 aromatic heterocycles. The Balaban J connectivity index is 1.86. The van der Waals surface area contributed by atoms with E-state index in [2.05, 4.69) is 18.7 Å². The summed E-state index contributed by atoms with van der Waals surface area (Å²) in [5.41, 5.74) is -0.444. The highest BCUT2D eigenvalue weighted by Crippen LogP contribution is 2.44. The van der Waals surface area contributed by atoms with Crippen molar-refractivity contribution in [3.05, 3.63) is 22.4 Å². The maximum atomic E-state index is 12.9. The highest BCUT2D eigenvalue weighted by atomic mass is 32.1. The van der Waals surface area contributed by atoms with Gasteiger partial charge in [-0.2, -0.15) is 0 Å². The Morgan fingerprint density at radius 1 is 1.30 bits per heavy atom. The highest BCUT2D eigenvalue weighted by molar-refractivity contribution is 7.12. The average Bonchev–Trinajstić information content (AvgIpc) is 3.19. The van der Waals surface area contributed by atoms with E-state index in [9.17, 15) is 9.59 Å². The molecule has 2 aliphatic rings. The predicted molar refractivity (Wildman–Crippen MR) is 91.5 cm³/mol. The molecule has 0 bridgehead atoms. The summed E-state index contributed by atoms with van der Waals surface area (Å²) in [7, 11) is 3.63. The summed E-state index contributed by atoms with van der Waals surface area (Å²) in [6, 6.07) is 4.19. The fourth-order valence-electron chi connectivity index (χ4n) is 3.96. The average molecular weight is 335 g/mol. The van der Waals surface area contributed by atoms with Gasteiger partial charge in [-0.1, -0.05) is 6.07 Å². The van der Waals surface area contributed by atoms with E-state index in [1.165, 1.54) is 11.3 Å². The Hall–Kier alpha value is -1.40. The predicted octanol–water partition coefficient (Wildman–Crippen LogP) is 1.62. The summed E-state index contributed by atoms with van der Waals surface area (Å²) < 4.78 is 0. The van der Waals surface area contributed by atoms with Crippen LogP contribution < -0.4 is 0 Å². The SMILES string of the molecule is CC(C)N1CC2CN(C(=O)c3cccs3)CC2(C(=O)N(C)C)C1. The first kappa shape index (κ1) is 16.5. The number of hydrogen-bond acceptors (Lipinski definition) is 4. The summed E-state index contributed by atoms with van der Waals surface area (Å²) in [4.78, 5) is 32.3. The maximum Gasteiger partial charge on any atom is 0.263 e. The topological polar surface area (TPSA) is 43.9 Å². The monoisotopic (exact) mass is 335 g/mol. The summed E-state index contributed by atoms with van der Waals surface area (Å²) in [5.74, 6) is 0.451. The molecule has 0 N–H and O–H groups in total. The first-order valence-electron chi connectivity index (χ1n) is 8.14. The van der Waals surface area contributed by atoms with E-state index >= 15 is 0 Å². The van der Waals surface area contributed by atoms with Crippen LogP contribution in [0.25, 0.3) is 0 Å². The van der Waals surface area contributed by atoms with Crippen molar-refractivity contribution in [2.24, 2.45) is 11.3 Å². The molecule has 0 aromatic carbocycles. The van der Waals surface area contributed by atoms with Crippen LogP contribution in [0.15, 0.2) is 17.5 Å². The number of likely N-dealkylation sites (tertiary alicyclic amines) is 2. The van der Waals surface area contributed by atoms with Crippen molar-refractivity contribution in [2.45, 2.75) is 19.9 Å². The van der Waals surface area contributed by atoms with Gasteiger partial charge in [0.15, 0.2) is 0 Å². The fourth-order valence-corrected chi connectivity index (χ4v) is 4.65. The molecule has 2 unspecified atom stereocenters. The minimum atomic E-state index is -0.444. The summed E-state index contributed by atoms with van der Waals surface area (Å²) in [5, 5.41) is 1.92. The first-order chi connectivity index (χ1) is 10.8. The zero-order valence-corrected chi connectivity index (χ0v) is 15.1. The van der Waals surface area contributed by atoms with Crippen LogP contribution in [0.4, 0.5) is 0 Å². The van der Waals surface area contributed by atoms with Crippen molar-refractivity contribution in [3.8, 4) is 0 Å². The van der Waals surface area contributed by atoms with Crippen LogP contribution in [-0.2, 0) is 4.79 Å². The quantitative estimate of drug-likeness (QED) is 0.843. The van der Waals surface area contributed by atoms with Gasteiger partial charge in [-0.25, -0.2) is 0 Å². The normalized spacial score (nSPS) is 27.5. The van der Waals surface area contributed by atoms with Crippen molar-refractivity contribution in [2.75, 3.05) is 40.3 Å². The highest BCUT2D eigenvalue weighted by Gasteiger charge is 2.58.